The Morgan fingerprint density at radius 2 is 2.00 bits per heavy atom. The van der Waals surface area contributed by atoms with Gasteiger partial charge in [-0.1, -0.05) is 0 Å². The molecular weight excluding hydrogens is 324 g/mol. The maximum atomic E-state index is 12.1. The molecule has 140 valence electrons. The topological polar surface area (TPSA) is 95.8 Å². The molecular formula is C17H28N4O4. The van der Waals surface area contributed by atoms with Gasteiger partial charge in [-0.25, -0.2) is 4.79 Å². The van der Waals surface area contributed by atoms with E-state index >= 15 is 0 Å². The zero-order chi connectivity index (χ0) is 18.3. The maximum Gasteiger partial charge on any atom is 0.315 e. The third-order valence-electron chi connectivity index (χ3n) is 4.31. The van der Waals surface area contributed by atoms with E-state index in [-0.39, 0.29) is 17.5 Å². The van der Waals surface area contributed by atoms with Gasteiger partial charge in [-0.2, -0.15) is 0 Å². The van der Waals surface area contributed by atoms with Gasteiger partial charge in [-0.3, -0.25) is 9.69 Å². The Labute approximate surface area is 148 Å². The normalized spacial score (nSPS) is 16.9. The summed E-state index contributed by atoms with van der Waals surface area (Å²) in [4.78, 5) is 26.3. The highest BCUT2D eigenvalue weighted by atomic mass is 16.5. The minimum atomic E-state index is -0.638. The molecule has 0 aliphatic carbocycles. The lowest BCUT2D eigenvalue weighted by molar-refractivity contribution is -0.122. The minimum Gasteiger partial charge on any atom is -0.467 e. The molecule has 0 aromatic carbocycles. The Kier molecular flexibility index (Phi) is 6.83. The van der Waals surface area contributed by atoms with Gasteiger partial charge in [0, 0.05) is 25.2 Å². The molecule has 1 aliphatic rings. The van der Waals surface area contributed by atoms with Crippen molar-refractivity contribution in [2.75, 3.05) is 32.8 Å². The molecule has 8 nitrogen and oxygen atoms in total. The SMILES string of the molecule is CC(NC(=O)NCC(C)(C)N1CCOCC1)C(=O)NCc1ccco1. The van der Waals surface area contributed by atoms with Crippen molar-refractivity contribution >= 4 is 11.9 Å². The number of carbonyl (C=O) groups is 2. The van der Waals surface area contributed by atoms with Crippen LogP contribution in [0.5, 0.6) is 0 Å². The second-order valence-electron chi connectivity index (χ2n) is 6.76. The average Bonchev–Trinajstić information content (AvgIpc) is 3.12. The number of urea groups is 1. The van der Waals surface area contributed by atoms with Crippen LogP contribution in [-0.2, 0) is 16.1 Å². The highest BCUT2D eigenvalue weighted by Crippen LogP contribution is 2.14. The van der Waals surface area contributed by atoms with E-state index in [1.807, 2.05) is 0 Å². The van der Waals surface area contributed by atoms with Crippen LogP contribution in [0, 0.1) is 0 Å². The van der Waals surface area contributed by atoms with Crippen LogP contribution < -0.4 is 16.0 Å². The molecule has 1 unspecified atom stereocenters. The van der Waals surface area contributed by atoms with E-state index in [1.165, 1.54) is 0 Å². The third-order valence-corrected chi connectivity index (χ3v) is 4.31. The summed E-state index contributed by atoms with van der Waals surface area (Å²) in [6.45, 7) is 9.71. The molecule has 0 spiro atoms. The molecule has 1 fully saturated rings. The zero-order valence-electron chi connectivity index (χ0n) is 15.1. The van der Waals surface area contributed by atoms with E-state index in [2.05, 4.69) is 34.7 Å². The number of nitrogens with one attached hydrogen (secondary N) is 3. The number of carbonyl (C=O) groups excluding carboxylic acids is 2. The second kappa shape index (κ2) is 8.87. The summed E-state index contributed by atoms with van der Waals surface area (Å²) in [5, 5.41) is 8.21. The lowest BCUT2D eigenvalue weighted by Crippen LogP contribution is -2.57. The molecule has 1 aromatic rings. The van der Waals surface area contributed by atoms with Crippen molar-refractivity contribution in [3.05, 3.63) is 24.2 Å². The van der Waals surface area contributed by atoms with Crippen molar-refractivity contribution in [3.8, 4) is 0 Å². The Balaban J connectivity index is 1.70. The van der Waals surface area contributed by atoms with E-state index in [1.54, 1.807) is 25.3 Å². The summed E-state index contributed by atoms with van der Waals surface area (Å²) in [7, 11) is 0. The fraction of sp³-hybridized carbons (Fsp3) is 0.647. The van der Waals surface area contributed by atoms with Crippen molar-refractivity contribution in [2.24, 2.45) is 0 Å². The van der Waals surface area contributed by atoms with Gasteiger partial charge in [-0.05, 0) is 32.9 Å². The van der Waals surface area contributed by atoms with Gasteiger partial charge in [-0.15, -0.1) is 0 Å². The van der Waals surface area contributed by atoms with Crippen molar-refractivity contribution in [1.82, 2.24) is 20.9 Å². The first-order valence-corrected chi connectivity index (χ1v) is 8.56. The van der Waals surface area contributed by atoms with Gasteiger partial charge < -0.3 is 25.1 Å². The molecule has 3 amide bonds. The van der Waals surface area contributed by atoms with Gasteiger partial charge in [0.25, 0.3) is 0 Å². The Hall–Kier alpha value is -2.06. The summed E-state index contributed by atoms with van der Waals surface area (Å²) in [6.07, 6.45) is 1.55. The molecule has 1 saturated heterocycles. The van der Waals surface area contributed by atoms with E-state index < -0.39 is 6.04 Å². The average molecular weight is 352 g/mol. The minimum absolute atomic E-state index is 0.175. The Morgan fingerprint density at radius 1 is 1.28 bits per heavy atom. The lowest BCUT2D eigenvalue weighted by Gasteiger charge is -2.40. The molecule has 1 aliphatic heterocycles. The Morgan fingerprint density at radius 3 is 2.64 bits per heavy atom. The van der Waals surface area contributed by atoms with Crippen molar-refractivity contribution < 1.29 is 18.7 Å². The summed E-state index contributed by atoms with van der Waals surface area (Å²) < 4.78 is 10.5. The largest absolute Gasteiger partial charge is 0.467 e. The van der Waals surface area contributed by atoms with E-state index in [4.69, 9.17) is 9.15 Å². The van der Waals surface area contributed by atoms with Crippen LogP contribution in [0.2, 0.25) is 0 Å². The van der Waals surface area contributed by atoms with Crippen LogP contribution in [-0.4, -0.2) is 61.3 Å². The van der Waals surface area contributed by atoms with Crippen molar-refractivity contribution in [2.45, 2.75) is 38.9 Å². The smallest absolute Gasteiger partial charge is 0.315 e. The molecule has 1 atom stereocenters. The van der Waals surface area contributed by atoms with Gasteiger partial charge in [0.05, 0.1) is 26.0 Å². The number of rotatable bonds is 7. The molecule has 0 radical (unpaired) electrons. The van der Waals surface area contributed by atoms with Gasteiger partial charge in [0.1, 0.15) is 11.8 Å². The molecule has 1 aromatic heterocycles. The van der Waals surface area contributed by atoms with Crippen LogP contribution in [0.25, 0.3) is 0 Å². The number of amides is 3. The quantitative estimate of drug-likeness (QED) is 0.671. The highest BCUT2D eigenvalue weighted by Gasteiger charge is 2.28. The number of hydrogen-bond donors (Lipinski definition) is 3. The number of morpholine rings is 1. The standard InChI is InChI=1S/C17H28N4O4/c1-13(15(22)18-11-14-5-4-8-25-14)20-16(23)19-12-17(2,3)21-6-9-24-10-7-21/h4-5,8,13H,6-7,9-12H2,1-3H3,(H,18,22)(H2,19,20,23). The zero-order valence-corrected chi connectivity index (χ0v) is 15.1. The molecule has 0 bridgehead atoms. The number of nitrogens with zero attached hydrogens (tertiary/aromatic N) is 1. The summed E-state index contributed by atoms with van der Waals surface area (Å²) in [5.41, 5.74) is -0.175. The van der Waals surface area contributed by atoms with Crippen molar-refractivity contribution in [1.29, 1.82) is 0 Å². The first-order chi connectivity index (χ1) is 11.9. The van der Waals surface area contributed by atoms with Gasteiger partial charge in [0.2, 0.25) is 5.91 Å². The second-order valence-corrected chi connectivity index (χ2v) is 6.76. The third kappa shape index (κ3) is 6.06. The van der Waals surface area contributed by atoms with E-state index in [0.29, 0.717) is 32.1 Å². The molecule has 0 saturated carbocycles. The van der Waals surface area contributed by atoms with Crippen LogP contribution >= 0.6 is 0 Å². The number of hydrogen-bond acceptors (Lipinski definition) is 5. The first kappa shape index (κ1) is 19.3. The van der Waals surface area contributed by atoms with E-state index in [0.717, 1.165) is 13.1 Å². The molecule has 3 N–H and O–H groups in total. The predicted octanol–water partition coefficient (Wildman–Crippen LogP) is 0.694. The summed E-state index contributed by atoms with van der Waals surface area (Å²) >= 11 is 0. The van der Waals surface area contributed by atoms with Gasteiger partial charge >= 0.3 is 6.03 Å². The van der Waals surface area contributed by atoms with Crippen molar-refractivity contribution in [3.63, 3.8) is 0 Å². The summed E-state index contributed by atoms with van der Waals surface area (Å²) in [5.74, 6) is 0.399. The fourth-order valence-corrected chi connectivity index (χ4v) is 2.63. The molecule has 2 heterocycles. The van der Waals surface area contributed by atoms with Crippen LogP contribution in [0.4, 0.5) is 4.79 Å². The first-order valence-electron chi connectivity index (χ1n) is 8.56. The lowest BCUT2D eigenvalue weighted by atomic mass is 10.0. The van der Waals surface area contributed by atoms with Crippen LogP contribution in [0.15, 0.2) is 22.8 Å². The summed E-state index contributed by atoms with van der Waals surface area (Å²) in [6, 6.07) is 2.54. The number of ether oxygens (including phenoxy) is 1. The number of furan rings is 1. The Bertz CT molecular complexity index is 553. The highest BCUT2D eigenvalue weighted by molar-refractivity contribution is 5.86. The molecule has 2 rings (SSSR count). The van der Waals surface area contributed by atoms with Gasteiger partial charge in [0.15, 0.2) is 0 Å². The fourth-order valence-electron chi connectivity index (χ4n) is 2.63. The van der Waals surface area contributed by atoms with E-state index in [9.17, 15) is 9.59 Å². The predicted molar refractivity (Wildman–Crippen MR) is 93.0 cm³/mol. The monoisotopic (exact) mass is 352 g/mol. The molecule has 8 heteroatoms. The molecule has 25 heavy (non-hydrogen) atoms. The van der Waals surface area contributed by atoms with Crippen LogP contribution in [0.1, 0.15) is 26.5 Å². The maximum absolute atomic E-state index is 12.1. The van der Waals surface area contributed by atoms with Crippen LogP contribution in [0.3, 0.4) is 0 Å².